The Kier molecular flexibility index (Phi) is 5.01. The van der Waals surface area contributed by atoms with Crippen molar-refractivity contribution in [2.45, 2.75) is 25.7 Å². The van der Waals surface area contributed by atoms with Crippen molar-refractivity contribution in [3.63, 3.8) is 0 Å². The number of hydrogen-bond acceptors (Lipinski definition) is 4. The summed E-state index contributed by atoms with van der Waals surface area (Å²) in [4.78, 5) is 25.4. The first kappa shape index (κ1) is 15.6. The third-order valence-electron chi connectivity index (χ3n) is 3.97. The van der Waals surface area contributed by atoms with Gasteiger partial charge in [0.2, 0.25) is 5.91 Å². The second kappa shape index (κ2) is 6.76. The fraction of sp³-hybridized carbons (Fsp3) is 0.600. The fourth-order valence-corrected chi connectivity index (χ4v) is 2.82. The highest BCUT2D eigenvalue weighted by Gasteiger charge is 2.43. The molecular weight excluding hydrogens is 274 g/mol. The van der Waals surface area contributed by atoms with Crippen LogP contribution in [0.4, 0.5) is 0 Å². The minimum Gasteiger partial charge on any atom is -0.481 e. The Morgan fingerprint density at radius 2 is 2.33 bits per heavy atom. The van der Waals surface area contributed by atoms with Gasteiger partial charge in [0, 0.05) is 33.0 Å². The Balaban J connectivity index is 1.96. The van der Waals surface area contributed by atoms with Crippen molar-refractivity contribution in [1.29, 1.82) is 0 Å². The van der Waals surface area contributed by atoms with Crippen LogP contribution in [0.3, 0.4) is 0 Å². The molecule has 0 bridgehead atoms. The van der Waals surface area contributed by atoms with E-state index in [4.69, 9.17) is 9.15 Å². The summed E-state index contributed by atoms with van der Waals surface area (Å²) in [5.41, 5.74) is -0.979. The molecule has 2 heterocycles. The number of carbonyl (C=O) groups is 2. The molecule has 2 rings (SSSR count). The van der Waals surface area contributed by atoms with Gasteiger partial charge in [0.1, 0.15) is 11.2 Å². The van der Waals surface area contributed by atoms with Crippen LogP contribution in [-0.4, -0.2) is 48.7 Å². The maximum Gasteiger partial charge on any atom is 0.313 e. The maximum atomic E-state index is 12.3. The van der Waals surface area contributed by atoms with Crippen molar-refractivity contribution in [2.24, 2.45) is 5.41 Å². The van der Waals surface area contributed by atoms with E-state index in [-0.39, 0.29) is 19.1 Å². The lowest BCUT2D eigenvalue weighted by atomic mass is 9.80. The minimum atomic E-state index is -0.979. The lowest BCUT2D eigenvalue weighted by Gasteiger charge is -2.39. The molecule has 1 fully saturated rings. The standard InChI is InChI=1S/C15H21NO5/c1-20-11-15(14(18)19)7-3-8-16(10-15)13(17)6-5-12-4-2-9-21-12/h2,4,9H,3,5-8,10-11H2,1H3,(H,18,19). The Morgan fingerprint density at radius 3 is 2.95 bits per heavy atom. The summed E-state index contributed by atoms with van der Waals surface area (Å²) in [6.45, 7) is 0.952. The molecule has 0 aliphatic carbocycles. The van der Waals surface area contributed by atoms with E-state index in [1.807, 2.05) is 6.07 Å². The number of hydrogen-bond donors (Lipinski definition) is 1. The quantitative estimate of drug-likeness (QED) is 0.861. The van der Waals surface area contributed by atoms with Crippen LogP contribution in [0.25, 0.3) is 0 Å². The van der Waals surface area contributed by atoms with Gasteiger partial charge in [-0.15, -0.1) is 0 Å². The van der Waals surface area contributed by atoms with Gasteiger partial charge in [-0.05, 0) is 25.0 Å². The zero-order valence-electron chi connectivity index (χ0n) is 12.2. The molecule has 1 saturated heterocycles. The number of aliphatic carboxylic acids is 1. The van der Waals surface area contributed by atoms with Crippen molar-refractivity contribution >= 4 is 11.9 Å². The number of carbonyl (C=O) groups excluding carboxylic acids is 1. The zero-order chi connectivity index (χ0) is 15.3. The van der Waals surface area contributed by atoms with Crippen LogP contribution in [0.5, 0.6) is 0 Å². The van der Waals surface area contributed by atoms with E-state index in [1.165, 1.54) is 7.11 Å². The van der Waals surface area contributed by atoms with E-state index in [1.54, 1.807) is 17.2 Å². The number of rotatable bonds is 6. The van der Waals surface area contributed by atoms with Crippen molar-refractivity contribution < 1.29 is 23.8 Å². The Hall–Kier alpha value is -1.82. The molecule has 6 nitrogen and oxygen atoms in total. The van der Waals surface area contributed by atoms with Crippen LogP contribution in [0, 0.1) is 5.41 Å². The molecule has 0 spiro atoms. The number of ether oxygens (including phenoxy) is 1. The highest BCUT2D eigenvalue weighted by molar-refractivity contribution is 5.80. The number of methoxy groups -OCH3 is 1. The SMILES string of the molecule is COCC1(C(=O)O)CCCN(C(=O)CCc2ccco2)C1. The van der Waals surface area contributed by atoms with E-state index in [9.17, 15) is 14.7 Å². The third kappa shape index (κ3) is 3.64. The number of furan rings is 1. The molecule has 0 radical (unpaired) electrons. The summed E-state index contributed by atoms with van der Waals surface area (Å²) >= 11 is 0. The van der Waals surface area contributed by atoms with E-state index in [0.717, 1.165) is 5.76 Å². The molecular formula is C15H21NO5. The van der Waals surface area contributed by atoms with Gasteiger partial charge in [0.25, 0.3) is 0 Å². The van der Waals surface area contributed by atoms with Gasteiger partial charge >= 0.3 is 5.97 Å². The van der Waals surface area contributed by atoms with Gasteiger partial charge in [-0.1, -0.05) is 0 Å². The van der Waals surface area contributed by atoms with Crippen LogP contribution >= 0.6 is 0 Å². The first-order chi connectivity index (χ1) is 10.1. The number of likely N-dealkylation sites (tertiary alicyclic amines) is 1. The van der Waals surface area contributed by atoms with E-state index in [0.29, 0.717) is 32.2 Å². The lowest BCUT2D eigenvalue weighted by molar-refractivity contribution is -0.159. The van der Waals surface area contributed by atoms with E-state index < -0.39 is 11.4 Å². The van der Waals surface area contributed by atoms with Gasteiger partial charge < -0.3 is 19.2 Å². The Bertz CT molecular complexity index is 480. The van der Waals surface area contributed by atoms with E-state index in [2.05, 4.69) is 0 Å². The van der Waals surface area contributed by atoms with Crippen LogP contribution in [0.2, 0.25) is 0 Å². The topological polar surface area (TPSA) is 80.0 Å². The maximum absolute atomic E-state index is 12.3. The fourth-order valence-electron chi connectivity index (χ4n) is 2.82. The number of nitrogens with zero attached hydrogens (tertiary/aromatic N) is 1. The van der Waals surface area contributed by atoms with Crippen LogP contribution in [0.1, 0.15) is 25.0 Å². The normalized spacial score (nSPS) is 22.2. The largest absolute Gasteiger partial charge is 0.481 e. The van der Waals surface area contributed by atoms with E-state index >= 15 is 0 Å². The molecule has 1 atom stereocenters. The van der Waals surface area contributed by atoms with Crippen LogP contribution in [-0.2, 0) is 20.7 Å². The van der Waals surface area contributed by atoms with Gasteiger partial charge in [0.15, 0.2) is 0 Å². The number of piperidine rings is 1. The van der Waals surface area contributed by atoms with Gasteiger partial charge in [0.05, 0.1) is 12.9 Å². The molecule has 1 aromatic rings. The summed E-state index contributed by atoms with van der Waals surface area (Å²) in [5, 5.41) is 9.47. The molecule has 21 heavy (non-hydrogen) atoms. The molecule has 1 aliphatic heterocycles. The Morgan fingerprint density at radius 1 is 1.52 bits per heavy atom. The first-order valence-electron chi connectivity index (χ1n) is 7.10. The molecule has 0 saturated carbocycles. The van der Waals surface area contributed by atoms with Crippen molar-refractivity contribution in [1.82, 2.24) is 4.90 Å². The van der Waals surface area contributed by atoms with Crippen molar-refractivity contribution in [3.05, 3.63) is 24.2 Å². The molecule has 1 N–H and O–H groups in total. The summed E-state index contributed by atoms with van der Waals surface area (Å²) < 4.78 is 10.3. The molecule has 1 unspecified atom stereocenters. The zero-order valence-corrected chi connectivity index (χ0v) is 12.2. The second-order valence-corrected chi connectivity index (χ2v) is 5.52. The second-order valence-electron chi connectivity index (χ2n) is 5.52. The predicted molar refractivity (Wildman–Crippen MR) is 74.8 cm³/mol. The molecule has 116 valence electrons. The summed E-state index contributed by atoms with van der Waals surface area (Å²) in [6, 6.07) is 3.62. The molecule has 1 aliphatic rings. The lowest BCUT2D eigenvalue weighted by Crippen LogP contribution is -2.52. The number of carboxylic acid groups (broad SMARTS) is 1. The first-order valence-corrected chi connectivity index (χ1v) is 7.10. The molecule has 6 heteroatoms. The summed E-state index contributed by atoms with van der Waals surface area (Å²) in [7, 11) is 1.49. The van der Waals surface area contributed by atoms with Crippen molar-refractivity contribution in [3.8, 4) is 0 Å². The summed E-state index contributed by atoms with van der Waals surface area (Å²) in [5.74, 6) is -0.164. The van der Waals surface area contributed by atoms with Gasteiger partial charge in [-0.3, -0.25) is 9.59 Å². The summed E-state index contributed by atoms with van der Waals surface area (Å²) in [6.07, 6.45) is 3.66. The van der Waals surface area contributed by atoms with Crippen molar-refractivity contribution in [2.75, 3.05) is 26.8 Å². The molecule has 0 aromatic carbocycles. The number of aryl methyl sites for hydroxylation is 1. The Labute approximate surface area is 123 Å². The minimum absolute atomic E-state index is 0.0344. The molecule has 1 aromatic heterocycles. The van der Waals surface area contributed by atoms with Gasteiger partial charge in [-0.25, -0.2) is 0 Å². The average molecular weight is 295 g/mol. The van der Waals surface area contributed by atoms with Crippen LogP contribution in [0.15, 0.2) is 22.8 Å². The monoisotopic (exact) mass is 295 g/mol. The van der Waals surface area contributed by atoms with Crippen LogP contribution < -0.4 is 0 Å². The predicted octanol–water partition coefficient (Wildman–Crippen LogP) is 1.55. The smallest absolute Gasteiger partial charge is 0.313 e. The highest BCUT2D eigenvalue weighted by Crippen LogP contribution is 2.31. The number of amides is 1. The number of carboxylic acids is 1. The molecule has 1 amide bonds. The average Bonchev–Trinajstić information content (AvgIpc) is 2.98. The van der Waals surface area contributed by atoms with Gasteiger partial charge in [-0.2, -0.15) is 0 Å². The highest BCUT2D eigenvalue weighted by atomic mass is 16.5. The third-order valence-corrected chi connectivity index (χ3v) is 3.97.